The zero-order valence-electron chi connectivity index (χ0n) is 12.3. The van der Waals surface area contributed by atoms with Crippen LogP contribution in [0.15, 0.2) is 23.1 Å². The van der Waals surface area contributed by atoms with Crippen molar-refractivity contribution >= 4 is 21.4 Å². The predicted molar refractivity (Wildman–Crippen MR) is 82.0 cm³/mol. The zero-order chi connectivity index (χ0) is 15.9. The van der Waals surface area contributed by atoms with Crippen LogP contribution < -0.4 is 10.0 Å². The molecule has 1 aromatic carbocycles. The molecular formula is C13H21N3O4S. The van der Waals surface area contributed by atoms with Gasteiger partial charge in [-0.25, -0.2) is 13.1 Å². The van der Waals surface area contributed by atoms with E-state index in [0.29, 0.717) is 13.0 Å². The molecule has 0 aliphatic rings. The summed E-state index contributed by atoms with van der Waals surface area (Å²) in [5.74, 6) is 0. The van der Waals surface area contributed by atoms with Crippen LogP contribution >= 0.6 is 0 Å². The lowest BCUT2D eigenvalue weighted by Gasteiger charge is -2.10. The Balaban J connectivity index is 3.10. The lowest BCUT2D eigenvalue weighted by Crippen LogP contribution is -2.25. The van der Waals surface area contributed by atoms with Gasteiger partial charge in [0.1, 0.15) is 5.69 Å². The molecule has 0 aliphatic carbocycles. The summed E-state index contributed by atoms with van der Waals surface area (Å²) >= 11 is 0. The first-order valence-electron chi connectivity index (χ1n) is 6.95. The van der Waals surface area contributed by atoms with Crippen LogP contribution in [0, 0.1) is 10.1 Å². The van der Waals surface area contributed by atoms with Crippen LogP contribution in [0.5, 0.6) is 0 Å². The Bertz CT molecular complexity index is 587. The van der Waals surface area contributed by atoms with Gasteiger partial charge < -0.3 is 5.32 Å². The van der Waals surface area contributed by atoms with Crippen LogP contribution in [0.1, 0.15) is 33.1 Å². The number of nitrogens with one attached hydrogen (secondary N) is 2. The van der Waals surface area contributed by atoms with Crippen molar-refractivity contribution in [3.8, 4) is 0 Å². The molecule has 0 unspecified atom stereocenters. The molecule has 2 N–H and O–H groups in total. The number of para-hydroxylation sites is 1. The number of nitro benzene ring substituents is 1. The minimum Gasteiger partial charge on any atom is -0.380 e. The van der Waals surface area contributed by atoms with Crippen LogP contribution in [0.25, 0.3) is 0 Å². The molecule has 0 bridgehead atoms. The smallest absolute Gasteiger partial charge is 0.312 e. The fourth-order valence-corrected chi connectivity index (χ4v) is 3.19. The number of nitro groups is 1. The van der Waals surface area contributed by atoms with Gasteiger partial charge in [0.05, 0.1) is 4.92 Å². The van der Waals surface area contributed by atoms with Crippen LogP contribution in [-0.4, -0.2) is 26.4 Å². The largest absolute Gasteiger partial charge is 0.380 e. The van der Waals surface area contributed by atoms with E-state index in [2.05, 4.69) is 10.0 Å². The second-order valence-electron chi connectivity index (χ2n) is 4.54. The van der Waals surface area contributed by atoms with Crippen molar-refractivity contribution in [3.05, 3.63) is 28.3 Å². The van der Waals surface area contributed by atoms with E-state index < -0.39 is 20.6 Å². The van der Waals surface area contributed by atoms with Crippen molar-refractivity contribution in [3.63, 3.8) is 0 Å². The maximum absolute atomic E-state index is 12.2. The SMILES string of the molecule is CCCCCNS(=O)(=O)c1cccc(NCC)c1[N+](=O)[O-]. The van der Waals surface area contributed by atoms with Crippen molar-refractivity contribution in [1.29, 1.82) is 0 Å². The van der Waals surface area contributed by atoms with Crippen LogP contribution in [0.2, 0.25) is 0 Å². The molecule has 0 aromatic heterocycles. The maximum atomic E-state index is 12.2. The normalized spacial score (nSPS) is 11.3. The molecule has 7 nitrogen and oxygen atoms in total. The average molecular weight is 315 g/mol. The topological polar surface area (TPSA) is 101 Å². The van der Waals surface area contributed by atoms with Crippen LogP contribution in [0.3, 0.4) is 0 Å². The highest BCUT2D eigenvalue weighted by atomic mass is 32.2. The molecule has 0 spiro atoms. The second kappa shape index (κ2) is 7.94. The van der Waals surface area contributed by atoms with Gasteiger partial charge in [-0.1, -0.05) is 25.8 Å². The van der Waals surface area contributed by atoms with Crippen molar-refractivity contribution in [1.82, 2.24) is 4.72 Å². The van der Waals surface area contributed by atoms with Gasteiger partial charge in [-0.2, -0.15) is 0 Å². The van der Waals surface area contributed by atoms with Crippen molar-refractivity contribution < 1.29 is 13.3 Å². The summed E-state index contributed by atoms with van der Waals surface area (Å²) in [7, 11) is -3.89. The van der Waals surface area contributed by atoms with E-state index in [1.165, 1.54) is 18.2 Å². The van der Waals surface area contributed by atoms with Crippen molar-refractivity contribution in [2.75, 3.05) is 18.4 Å². The van der Waals surface area contributed by atoms with Gasteiger partial charge in [-0.15, -0.1) is 0 Å². The number of nitrogens with zero attached hydrogens (tertiary/aromatic N) is 1. The number of hydrogen-bond donors (Lipinski definition) is 2. The molecule has 0 fully saturated rings. The summed E-state index contributed by atoms with van der Waals surface area (Å²) in [5.41, 5.74) is -0.207. The fraction of sp³-hybridized carbons (Fsp3) is 0.538. The highest BCUT2D eigenvalue weighted by molar-refractivity contribution is 7.89. The number of rotatable bonds is 9. The molecular weight excluding hydrogens is 294 g/mol. The molecule has 21 heavy (non-hydrogen) atoms. The minimum atomic E-state index is -3.89. The van der Waals surface area contributed by atoms with E-state index in [9.17, 15) is 18.5 Å². The minimum absolute atomic E-state index is 0.207. The molecule has 0 saturated heterocycles. The Morgan fingerprint density at radius 3 is 2.52 bits per heavy atom. The molecule has 0 amide bonds. The third-order valence-corrected chi connectivity index (χ3v) is 4.40. The van der Waals surface area contributed by atoms with E-state index in [0.717, 1.165) is 12.8 Å². The highest BCUT2D eigenvalue weighted by Gasteiger charge is 2.28. The van der Waals surface area contributed by atoms with Crippen LogP contribution in [0.4, 0.5) is 11.4 Å². The third-order valence-electron chi connectivity index (χ3n) is 2.91. The molecule has 0 aliphatic heterocycles. The number of unbranched alkanes of at least 4 members (excludes halogenated alkanes) is 2. The van der Waals surface area contributed by atoms with E-state index in [1.807, 2.05) is 6.92 Å². The Kier molecular flexibility index (Phi) is 6.57. The van der Waals surface area contributed by atoms with Gasteiger partial charge in [0.15, 0.2) is 4.90 Å². The molecule has 8 heteroatoms. The maximum Gasteiger partial charge on any atom is 0.312 e. The van der Waals surface area contributed by atoms with Gasteiger partial charge >= 0.3 is 5.69 Å². The molecule has 0 atom stereocenters. The predicted octanol–water partition coefficient (Wildman–Crippen LogP) is 2.50. The molecule has 0 saturated carbocycles. The van der Waals surface area contributed by atoms with Gasteiger partial charge in [0.25, 0.3) is 0 Å². The lowest BCUT2D eigenvalue weighted by molar-refractivity contribution is -0.386. The Labute approximate surface area is 124 Å². The molecule has 0 radical (unpaired) electrons. The number of hydrogen-bond acceptors (Lipinski definition) is 5. The van der Waals surface area contributed by atoms with Gasteiger partial charge in [0, 0.05) is 13.1 Å². The average Bonchev–Trinajstić information content (AvgIpc) is 2.43. The first-order chi connectivity index (χ1) is 9.94. The molecule has 1 rings (SSSR count). The first-order valence-corrected chi connectivity index (χ1v) is 8.43. The highest BCUT2D eigenvalue weighted by Crippen LogP contribution is 2.31. The lowest BCUT2D eigenvalue weighted by atomic mass is 10.2. The first kappa shape index (κ1) is 17.4. The summed E-state index contributed by atoms with van der Waals surface area (Å²) < 4.78 is 26.9. The quantitative estimate of drug-likeness (QED) is 0.414. The molecule has 118 valence electrons. The second-order valence-corrected chi connectivity index (χ2v) is 6.28. The summed E-state index contributed by atoms with van der Waals surface area (Å²) in [5, 5.41) is 14.0. The monoisotopic (exact) mass is 315 g/mol. The molecule has 1 aromatic rings. The van der Waals surface area contributed by atoms with Gasteiger partial charge in [-0.05, 0) is 25.5 Å². The van der Waals surface area contributed by atoms with Crippen LogP contribution in [-0.2, 0) is 10.0 Å². The Morgan fingerprint density at radius 1 is 1.24 bits per heavy atom. The fourth-order valence-electron chi connectivity index (χ4n) is 1.92. The van der Waals surface area contributed by atoms with E-state index in [-0.39, 0.29) is 17.1 Å². The van der Waals surface area contributed by atoms with E-state index in [1.54, 1.807) is 6.92 Å². The summed E-state index contributed by atoms with van der Waals surface area (Å²) in [6.07, 6.45) is 2.58. The number of sulfonamides is 1. The van der Waals surface area contributed by atoms with E-state index >= 15 is 0 Å². The summed E-state index contributed by atoms with van der Waals surface area (Å²) in [4.78, 5) is 10.2. The van der Waals surface area contributed by atoms with Gasteiger partial charge in [0.2, 0.25) is 10.0 Å². The van der Waals surface area contributed by atoms with Crippen molar-refractivity contribution in [2.45, 2.75) is 38.0 Å². The Hall–Kier alpha value is -1.67. The Morgan fingerprint density at radius 2 is 1.95 bits per heavy atom. The van der Waals surface area contributed by atoms with Gasteiger partial charge in [-0.3, -0.25) is 10.1 Å². The summed E-state index contributed by atoms with van der Waals surface area (Å²) in [6, 6.07) is 4.24. The third kappa shape index (κ3) is 4.68. The molecule has 0 heterocycles. The number of anilines is 1. The number of benzene rings is 1. The standard InChI is InChI=1S/C13H21N3O4S/c1-3-5-6-10-15-21(19,20)12-9-7-8-11(14-4-2)13(12)16(17)18/h7-9,14-15H,3-6,10H2,1-2H3. The van der Waals surface area contributed by atoms with E-state index in [4.69, 9.17) is 0 Å². The summed E-state index contributed by atoms with van der Waals surface area (Å²) in [6.45, 7) is 4.54. The van der Waals surface area contributed by atoms with Crippen molar-refractivity contribution in [2.24, 2.45) is 0 Å². The zero-order valence-corrected chi connectivity index (χ0v) is 13.1.